The van der Waals surface area contributed by atoms with Crippen LogP contribution in [-0.2, 0) is 14.8 Å². The van der Waals surface area contributed by atoms with Gasteiger partial charge < -0.3 is 15.1 Å². The highest BCUT2D eigenvalue weighted by Crippen LogP contribution is 2.21. The summed E-state index contributed by atoms with van der Waals surface area (Å²) < 4.78 is 53.3. The quantitative estimate of drug-likeness (QED) is 0.742. The van der Waals surface area contributed by atoms with Crippen LogP contribution in [-0.4, -0.2) is 80.3 Å². The van der Waals surface area contributed by atoms with E-state index in [0.717, 1.165) is 16.4 Å². The van der Waals surface area contributed by atoms with Gasteiger partial charge in [-0.3, -0.25) is 4.79 Å². The Bertz CT molecular complexity index is 822. The van der Waals surface area contributed by atoms with Gasteiger partial charge in [0.15, 0.2) is 0 Å². The van der Waals surface area contributed by atoms with Gasteiger partial charge in [-0.2, -0.15) is 4.31 Å². The number of rotatable bonds is 6. The number of likely N-dealkylation sites (N-methyl/N-ethyl adjacent to an activating group) is 1. The lowest BCUT2D eigenvalue weighted by molar-refractivity contribution is -0.129. The third-order valence-corrected chi connectivity index (χ3v) is 6.46. The van der Waals surface area contributed by atoms with Crippen LogP contribution in [0.4, 0.5) is 13.6 Å². The molecule has 156 valence electrons. The third kappa shape index (κ3) is 4.96. The Morgan fingerprint density at radius 1 is 1.11 bits per heavy atom. The van der Waals surface area contributed by atoms with E-state index in [2.05, 4.69) is 5.32 Å². The number of nitrogens with one attached hydrogen (secondary N) is 1. The third-order valence-electron chi connectivity index (χ3n) is 4.54. The number of amides is 3. The first kappa shape index (κ1) is 22.0. The normalized spacial score (nSPS) is 15.4. The molecule has 0 unspecified atom stereocenters. The lowest BCUT2D eigenvalue weighted by Gasteiger charge is -2.34. The van der Waals surface area contributed by atoms with Crippen molar-refractivity contribution in [3.8, 4) is 0 Å². The second-order valence-electron chi connectivity index (χ2n) is 6.19. The molecule has 0 aromatic heterocycles. The molecule has 0 spiro atoms. The molecule has 3 amide bonds. The zero-order chi connectivity index (χ0) is 20.9. The maximum atomic E-state index is 13.8. The molecule has 2 rings (SSSR count). The van der Waals surface area contributed by atoms with Gasteiger partial charge in [0, 0.05) is 39.3 Å². The standard InChI is InChI=1S/C17H24F2N4O4S/c1-3-21(4-2)16(24)12-20-17(25)22-7-9-23(10-8-22)28(26,27)15-11-13(18)5-6-14(15)19/h5-6,11H,3-4,7-10,12H2,1-2H3,(H,20,25). The summed E-state index contributed by atoms with van der Waals surface area (Å²) in [6.07, 6.45) is 0. The SMILES string of the molecule is CCN(CC)C(=O)CNC(=O)N1CCN(S(=O)(=O)c2cc(F)ccc2F)CC1. The number of urea groups is 1. The minimum absolute atomic E-state index is 0.0598. The van der Waals surface area contributed by atoms with Crippen molar-refractivity contribution in [1.82, 2.24) is 19.4 Å². The van der Waals surface area contributed by atoms with Crippen LogP contribution in [0.1, 0.15) is 13.8 Å². The number of halogens is 2. The molecule has 0 bridgehead atoms. The summed E-state index contributed by atoms with van der Waals surface area (Å²) >= 11 is 0. The fourth-order valence-corrected chi connectivity index (χ4v) is 4.39. The average molecular weight is 418 g/mol. The molecule has 8 nitrogen and oxygen atoms in total. The summed E-state index contributed by atoms with van der Waals surface area (Å²) in [4.78, 5) is 26.4. The van der Waals surface area contributed by atoms with Crippen molar-refractivity contribution in [3.05, 3.63) is 29.8 Å². The molecule has 0 radical (unpaired) electrons. The highest BCUT2D eigenvalue weighted by atomic mass is 32.2. The van der Waals surface area contributed by atoms with E-state index in [1.54, 1.807) is 4.90 Å². The molecule has 0 saturated carbocycles. The van der Waals surface area contributed by atoms with Crippen LogP contribution in [0.2, 0.25) is 0 Å². The van der Waals surface area contributed by atoms with Gasteiger partial charge in [0.1, 0.15) is 16.5 Å². The number of hydrogen-bond acceptors (Lipinski definition) is 4. The number of nitrogens with zero attached hydrogens (tertiary/aromatic N) is 3. The maximum Gasteiger partial charge on any atom is 0.317 e. The largest absolute Gasteiger partial charge is 0.342 e. The van der Waals surface area contributed by atoms with Gasteiger partial charge in [-0.05, 0) is 32.0 Å². The fraction of sp³-hybridized carbons (Fsp3) is 0.529. The number of hydrogen-bond donors (Lipinski definition) is 1. The Labute approximate surface area is 163 Å². The molecule has 0 aliphatic carbocycles. The van der Waals surface area contributed by atoms with E-state index in [4.69, 9.17) is 0 Å². The topological polar surface area (TPSA) is 90.0 Å². The zero-order valence-corrected chi connectivity index (χ0v) is 16.6. The van der Waals surface area contributed by atoms with Crippen molar-refractivity contribution < 1.29 is 26.8 Å². The van der Waals surface area contributed by atoms with E-state index in [0.29, 0.717) is 19.2 Å². The minimum atomic E-state index is -4.21. The highest BCUT2D eigenvalue weighted by molar-refractivity contribution is 7.89. The first-order chi connectivity index (χ1) is 13.2. The molecule has 1 N–H and O–H groups in total. The van der Waals surface area contributed by atoms with Crippen LogP contribution in [0, 0.1) is 11.6 Å². The Balaban J connectivity index is 1.94. The van der Waals surface area contributed by atoms with Gasteiger partial charge in [0.2, 0.25) is 15.9 Å². The molecular weight excluding hydrogens is 394 g/mol. The summed E-state index contributed by atoms with van der Waals surface area (Å²) in [7, 11) is -4.21. The van der Waals surface area contributed by atoms with Gasteiger partial charge in [-0.1, -0.05) is 0 Å². The number of sulfonamides is 1. The number of piperazine rings is 1. The summed E-state index contributed by atoms with van der Waals surface area (Å²) in [5, 5.41) is 2.52. The maximum absolute atomic E-state index is 13.8. The number of benzene rings is 1. The highest BCUT2D eigenvalue weighted by Gasteiger charge is 2.32. The van der Waals surface area contributed by atoms with E-state index in [9.17, 15) is 26.8 Å². The molecule has 0 atom stereocenters. The van der Waals surface area contributed by atoms with Crippen LogP contribution in [0.25, 0.3) is 0 Å². The van der Waals surface area contributed by atoms with Crippen molar-refractivity contribution in [2.24, 2.45) is 0 Å². The van der Waals surface area contributed by atoms with Gasteiger partial charge in [0.05, 0.1) is 6.54 Å². The Hall–Kier alpha value is -2.27. The summed E-state index contributed by atoms with van der Waals surface area (Å²) in [6, 6.07) is 1.77. The van der Waals surface area contributed by atoms with Gasteiger partial charge >= 0.3 is 6.03 Å². The van der Waals surface area contributed by atoms with E-state index < -0.39 is 32.6 Å². The monoisotopic (exact) mass is 418 g/mol. The Kier molecular flexibility index (Phi) is 7.30. The molecule has 1 saturated heterocycles. The minimum Gasteiger partial charge on any atom is -0.342 e. The molecule has 1 aromatic rings. The van der Waals surface area contributed by atoms with E-state index in [-0.39, 0.29) is 38.6 Å². The molecule has 1 heterocycles. The molecule has 28 heavy (non-hydrogen) atoms. The van der Waals surface area contributed by atoms with E-state index in [1.807, 2.05) is 13.8 Å². The summed E-state index contributed by atoms with van der Waals surface area (Å²) in [5.41, 5.74) is 0. The first-order valence-corrected chi connectivity index (χ1v) is 10.4. The van der Waals surface area contributed by atoms with Gasteiger partial charge in [-0.25, -0.2) is 22.0 Å². The first-order valence-electron chi connectivity index (χ1n) is 8.96. The van der Waals surface area contributed by atoms with Crippen LogP contribution < -0.4 is 5.32 Å². The molecule has 1 aliphatic heterocycles. The molecule has 11 heteroatoms. The second kappa shape index (κ2) is 9.28. The smallest absolute Gasteiger partial charge is 0.317 e. The molecule has 1 aliphatic rings. The zero-order valence-electron chi connectivity index (χ0n) is 15.8. The van der Waals surface area contributed by atoms with Crippen LogP contribution in [0.3, 0.4) is 0 Å². The van der Waals surface area contributed by atoms with Crippen molar-refractivity contribution in [2.75, 3.05) is 45.8 Å². The lowest BCUT2D eigenvalue weighted by atomic mass is 10.3. The average Bonchev–Trinajstić information content (AvgIpc) is 2.68. The van der Waals surface area contributed by atoms with Gasteiger partial charge in [-0.15, -0.1) is 0 Å². The van der Waals surface area contributed by atoms with Crippen molar-refractivity contribution >= 4 is 22.0 Å². The summed E-state index contributed by atoms with van der Waals surface area (Å²) in [6.45, 7) is 4.63. The van der Waals surface area contributed by atoms with Crippen molar-refractivity contribution in [2.45, 2.75) is 18.7 Å². The lowest BCUT2D eigenvalue weighted by Crippen LogP contribution is -2.54. The predicted molar refractivity (Wildman–Crippen MR) is 98.0 cm³/mol. The van der Waals surface area contributed by atoms with E-state index >= 15 is 0 Å². The molecular formula is C17H24F2N4O4S. The molecule has 1 fully saturated rings. The van der Waals surface area contributed by atoms with Crippen molar-refractivity contribution in [3.63, 3.8) is 0 Å². The summed E-state index contributed by atoms with van der Waals surface area (Å²) in [5.74, 6) is -2.09. The van der Waals surface area contributed by atoms with Crippen molar-refractivity contribution in [1.29, 1.82) is 0 Å². The fourth-order valence-electron chi connectivity index (χ4n) is 2.90. The molecule has 1 aromatic carbocycles. The van der Waals surface area contributed by atoms with Crippen LogP contribution >= 0.6 is 0 Å². The van der Waals surface area contributed by atoms with E-state index in [1.165, 1.54) is 4.90 Å². The Morgan fingerprint density at radius 3 is 2.29 bits per heavy atom. The van der Waals surface area contributed by atoms with Crippen LogP contribution in [0.15, 0.2) is 23.1 Å². The van der Waals surface area contributed by atoms with Gasteiger partial charge in [0.25, 0.3) is 0 Å². The number of carbonyl (C=O) groups excluding carboxylic acids is 2. The Morgan fingerprint density at radius 2 is 1.71 bits per heavy atom. The predicted octanol–water partition coefficient (Wildman–Crippen LogP) is 0.849. The number of carbonyl (C=O) groups is 2. The second-order valence-corrected chi connectivity index (χ2v) is 8.10. The van der Waals surface area contributed by atoms with Crippen LogP contribution in [0.5, 0.6) is 0 Å².